The van der Waals surface area contributed by atoms with Gasteiger partial charge in [-0.1, -0.05) is 17.7 Å². The number of benzene rings is 3. The normalized spacial score (nSPS) is 12.2. The Morgan fingerprint density at radius 1 is 1.08 bits per heavy atom. The highest BCUT2D eigenvalue weighted by atomic mass is 35.5. The lowest BCUT2D eigenvalue weighted by atomic mass is 9.97. The number of alkyl halides is 3. The molecular weight excluding hydrogens is 535 g/mol. The van der Waals surface area contributed by atoms with Crippen LogP contribution in [-0.4, -0.2) is 16.7 Å². The molecule has 0 spiro atoms. The van der Waals surface area contributed by atoms with E-state index in [1.54, 1.807) is 23.8 Å². The van der Waals surface area contributed by atoms with Crippen LogP contribution in [0.1, 0.15) is 22.3 Å². The number of hydrogen-bond donors (Lipinski definition) is 0. The zero-order chi connectivity index (χ0) is 27.7. The summed E-state index contributed by atoms with van der Waals surface area (Å²) in [5, 5.41) is 9.14. The van der Waals surface area contributed by atoms with Crippen molar-refractivity contribution in [3.05, 3.63) is 98.4 Å². The third-order valence-corrected chi connectivity index (χ3v) is 6.53. The van der Waals surface area contributed by atoms with Gasteiger partial charge in [-0.3, -0.25) is 4.57 Å². The van der Waals surface area contributed by atoms with E-state index in [1.165, 1.54) is 18.2 Å². The van der Waals surface area contributed by atoms with Crippen LogP contribution in [0.15, 0.2) is 65.5 Å². The van der Waals surface area contributed by atoms with Gasteiger partial charge in [0.15, 0.2) is 0 Å². The van der Waals surface area contributed by atoms with Crippen molar-refractivity contribution in [2.45, 2.75) is 25.7 Å². The molecule has 1 aliphatic heterocycles. The summed E-state index contributed by atoms with van der Waals surface area (Å²) < 4.78 is 57.7. The third kappa shape index (κ3) is 5.40. The molecule has 0 amide bonds. The molecule has 0 aliphatic carbocycles. The van der Waals surface area contributed by atoms with Crippen molar-refractivity contribution in [2.24, 2.45) is 0 Å². The maximum atomic E-state index is 13.2. The van der Waals surface area contributed by atoms with Gasteiger partial charge in [0, 0.05) is 18.2 Å². The number of nitrogens with zero attached hydrogens (tertiary/aromatic N) is 3. The van der Waals surface area contributed by atoms with E-state index >= 15 is 0 Å². The Morgan fingerprint density at radius 3 is 2.62 bits per heavy atom. The Balaban J connectivity index is 1.35. The topological polar surface area (TPSA) is 86.4 Å². The van der Waals surface area contributed by atoms with Crippen LogP contribution in [0.4, 0.5) is 13.2 Å². The highest BCUT2D eigenvalue weighted by Crippen LogP contribution is 2.38. The molecule has 0 saturated carbocycles. The first-order valence-electron chi connectivity index (χ1n) is 11.7. The van der Waals surface area contributed by atoms with Crippen LogP contribution >= 0.6 is 11.6 Å². The van der Waals surface area contributed by atoms with Gasteiger partial charge in [-0.05, 0) is 66.1 Å². The molecule has 4 aromatic rings. The first-order valence-corrected chi connectivity index (χ1v) is 12.0. The molecule has 1 aliphatic rings. The molecule has 198 valence electrons. The summed E-state index contributed by atoms with van der Waals surface area (Å²) in [6, 6.07) is 17.0. The molecule has 39 heavy (non-hydrogen) atoms. The Hall–Kier alpha value is -4.49. The molecule has 11 heteroatoms. The average Bonchev–Trinajstić information content (AvgIpc) is 2.92. The maximum absolute atomic E-state index is 13.2. The van der Waals surface area contributed by atoms with Crippen LogP contribution in [0.3, 0.4) is 0 Å². The van der Waals surface area contributed by atoms with Gasteiger partial charge >= 0.3 is 11.9 Å². The number of nitriles is 1. The van der Waals surface area contributed by atoms with E-state index in [9.17, 15) is 23.2 Å². The minimum atomic E-state index is -4.65. The minimum Gasteiger partial charge on any atom is -0.497 e. The predicted octanol–water partition coefficient (Wildman–Crippen LogP) is 6.39. The van der Waals surface area contributed by atoms with E-state index in [0.29, 0.717) is 24.2 Å². The molecule has 0 radical (unpaired) electrons. The second kappa shape index (κ2) is 10.3. The fourth-order valence-corrected chi connectivity index (χ4v) is 4.52. The highest BCUT2D eigenvalue weighted by Gasteiger charge is 2.33. The molecule has 0 fully saturated rings. The van der Waals surface area contributed by atoms with Gasteiger partial charge in [0.05, 0.1) is 29.0 Å². The van der Waals surface area contributed by atoms with E-state index in [-0.39, 0.29) is 29.5 Å². The largest absolute Gasteiger partial charge is 0.497 e. The van der Waals surface area contributed by atoms with Crippen LogP contribution in [0.25, 0.3) is 11.3 Å². The quantitative estimate of drug-likeness (QED) is 0.275. The van der Waals surface area contributed by atoms with Crippen LogP contribution in [0.5, 0.6) is 23.1 Å². The lowest BCUT2D eigenvalue weighted by Crippen LogP contribution is -2.28. The van der Waals surface area contributed by atoms with E-state index in [0.717, 1.165) is 29.0 Å². The summed E-state index contributed by atoms with van der Waals surface area (Å²) in [7, 11) is 1.59. The number of hydrogen-bond acceptors (Lipinski definition) is 6. The Kier molecular flexibility index (Phi) is 6.93. The van der Waals surface area contributed by atoms with Crippen molar-refractivity contribution < 1.29 is 27.4 Å². The summed E-state index contributed by atoms with van der Waals surface area (Å²) >= 11 is 5.66. The van der Waals surface area contributed by atoms with Gasteiger partial charge in [0.2, 0.25) is 5.88 Å². The van der Waals surface area contributed by atoms with Crippen molar-refractivity contribution in [1.82, 2.24) is 9.55 Å². The molecule has 3 aromatic carbocycles. The number of aromatic nitrogens is 2. The first kappa shape index (κ1) is 26.1. The number of rotatable bonds is 6. The monoisotopic (exact) mass is 553 g/mol. The standard InChI is InChI=1S/C28H19ClF3N3O4/c1-37-19-3-5-21-17(11-19)8-9-35-24(21)13-26(34-27(35)36)38-15-16-2-7-25(18(10-16)14-33)39-20-4-6-23(29)22(12-20)28(30,31)32/h2-7,10-13H,8-9,15H2,1H3. The second-order valence-corrected chi connectivity index (χ2v) is 9.07. The second-order valence-electron chi connectivity index (χ2n) is 8.66. The molecule has 0 N–H and O–H groups in total. The molecule has 0 saturated heterocycles. The Bertz CT molecular complexity index is 1680. The van der Waals surface area contributed by atoms with Gasteiger partial charge in [-0.15, -0.1) is 0 Å². The predicted molar refractivity (Wildman–Crippen MR) is 136 cm³/mol. The van der Waals surface area contributed by atoms with Crippen molar-refractivity contribution in [3.63, 3.8) is 0 Å². The molecule has 1 aromatic heterocycles. The number of halogens is 4. The van der Waals surface area contributed by atoms with Gasteiger partial charge in [0.25, 0.3) is 0 Å². The van der Waals surface area contributed by atoms with Gasteiger partial charge in [-0.25, -0.2) is 4.79 Å². The van der Waals surface area contributed by atoms with Gasteiger partial charge < -0.3 is 14.2 Å². The number of fused-ring (bicyclic) bond motifs is 3. The molecule has 0 unspecified atom stereocenters. The summed E-state index contributed by atoms with van der Waals surface area (Å²) in [5.74, 6) is 0.792. The first-order chi connectivity index (χ1) is 18.7. The maximum Gasteiger partial charge on any atom is 0.417 e. The lowest BCUT2D eigenvalue weighted by molar-refractivity contribution is -0.137. The summed E-state index contributed by atoms with van der Waals surface area (Å²) in [6.07, 6.45) is -3.99. The zero-order valence-electron chi connectivity index (χ0n) is 20.4. The Morgan fingerprint density at radius 2 is 1.87 bits per heavy atom. The van der Waals surface area contributed by atoms with E-state index in [2.05, 4.69) is 4.98 Å². The molecule has 2 heterocycles. The SMILES string of the molecule is COc1ccc2c(c1)CCn1c-2cc(OCc2ccc(Oc3ccc(Cl)c(C(F)(F)F)c3)c(C#N)c2)nc1=O. The smallest absolute Gasteiger partial charge is 0.417 e. The van der Waals surface area contributed by atoms with E-state index in [4.69, 9.17) is 25.8 Å². The molecule has 0 bridgehead atoms. The fourth-order valence-electron chi connectivity index (χ4n) is 4.30. The summed E-state index contributed by atoms with van der Waals surface area (Å²) in [6.45, 7) is 0.464. The van der Waals surface area contributed by atoms with Crippen LogP contribution in [0.2, 0.25) is 5.02 Å². The highest BCUT2D eigenvalue weighted by molar-refractivity contribution is 6.31. The van der Waals surface area contributed by atoms with Crippen molar-refractivity contribution >= 4 is 11.6 Å². The fraction of sp³-hybridized carbons (Fsp3) is 0.179. The third-order valence-electron chi connectivity index (χ3n) is 6.20. The number of methoxy groups -OCH3 is 1. The van der Waals surface area contributed by atoms with E-state index in [1.807, 2.05) is 24.3 Å². The number of ether oxygens (including phenoxy) is 3. The van der Waals surface area contributed by atoms with Crippen molar-refractivity contribution in [2.75, 3.05) is 7.11 Å². The van der Waals surface area contributed by atoms with Gasteiger partial charge in [-0.2, -0.15) is 23.4 Å². The van der Waals surface area contributed by atoms with Crippen molar-refractivity contribution in [1.29, 1.82) is 5.26 Å². The summed E-state index contributed by atoms with van der Waals surface area (Å²) in [5.41, 5.74) is 1.78. The van der Waals surface area contributed by atoms with Crippen LogP contribution in [-0.2, 0) is 25.7 Å². The van der Waals surface area contributed by atoms with Gasteiger partial charge in [0.1, 0.15) is 29.9 Å². The van der Waals surface area contributed by atoms with E-state index < -0.39 is 22.5 Å². The average molecular weight is 554 g/mol. The molecule has 5 rings (SSSR count). The Labute approximate surface area is 225 Å². The summed E-state index contributed by atoms with van der Waals surface area (Å²) in [4.78, 5) is 16.7. The number of aryl methyl sites for hydroxylation is 1. The zero-order valence-corrected chi connectivity index (χ0v) is 21.1. The molecular formula is C28H19ClF3N3O4. The molecule has 7 nitrogen and oxygen atoms in total. The minimum absolute atomic E-state index is 0.0144. The van der Waals surface area contributed by atoms with Crippen molar-refractivity contribution in [3.8, 4) is 40.5 Å². The molecule has 0 atom stereocenters. The lowest BCUT2D eigenvalue weighted by Gasteiger charge is -2.22. The van der Waals surface area contributed by atoms with Crippen LogP contribution in [0, 0.1) is 11.3 Å². The van der Waals surface area contributed by atoms with Crippen LogP contribution < -0.4 is 19.9 Å².